The Morgan fingerprint density at radius 2 is 2.18 bits per heavy atom. The fourth-order valence-electron chi connectivity index (χ4n) is 1.48. The number of allylic oxidation sites excluding steroid dienone is 1. The van der Waals surface area contributed by atoms with E-state index in [1.165, 1.54) is 7.11 Å². The summed E-state index contributed by atoms with van der Waals surface area (Å²) in [5.41, 5.74) is 0.163. The van der Waals surface area contributed by atoms with Crippen LogP contribution in [0.1, 0.15) is 19.3 Å². The maximum absolute atomic E-state index is 11.2. The fourth-order valence-corrected chi connectivity index (χ4v) is 1.48. The number of nitrogens with one attached hydrogen (secondary N) is 1. The third kappa shape index (κ3) is 4.97. The summed E-state index contributed by atoms with van der Waals surface area (Å²) in [4.78, 5) is 21.5. The molecule has 1 rings (SSSR count). The van der Waals surface area contributed by atoms with Crippen molar-refractivity contribution in [2.45, 2.75) is 25.6 Å². The molecule has 1 saturated heterocycles. The molecule has 17 heavy (non-hydrogen) atoms. The van der Waals surface area contributed by atoms with E-state index in [2.05, 4.69) is 10.1 Å². The van der Waals surface area contributed by atoms with Gasteiger partial charge in [0.05, 0.1) is 20.3 Å². The second kappa shape index (κ2) is 7.81. The lowest BCUT2D eigenvalue weighted by Gasteiger charge is -2.07. The molecule has 0 bridgehead atoms. The van der Waals surface area contributed by atoms with Crippen molar-refractivity contribution < 1.29 is 23.8 Å². The minimum Gasteiger partial charge on any atom is -0.464 e. The van der Waals surface area contributed by atoms with Gasteiger partial charge < -0.3 is 19.5 Å². The number of esters is 1. The van der Waals surface area contributed by atoms with Gasteiger partial charge in [0.2, 0.25) is 6.41 Å². The first-order valence-corrected chi connectivity index (χ1v) is 5.49. The first-order valence-electron chi connectivity index (χ1n) is 5.49. The molecule has 1 aliphatic rings. The van der Waals surface area contributed by atoms with Gasteiger partial charge in [-0.2, -0.15) is 0 Å². The van der Waals surface area contributed by atoms with Crippen molar-refractivity contribution in [2.24, 2.45) is 0 Å². The standard InChI is InChI=1S/C11H17NO5/c1-15-11(14)9(12-8-13)4-2-3-5-10-16-6-7-17-10/h4,8,10H,2-3,5-7H2,1H3,(H,12,13)/b9-4-. The van der Waals surface area contributed by atoms with E-state index in [0.29, 0.717) is 26.0 Å². The van der Waals surface area contributed by atoms with Gasteiger partial charge in [0.25, 0.3) is 0 Å². The van der Waals surface area contributed by atoms with Crippen LogP contribution in [-0.2, 0) is 23.8 Å². The first-order chi connectivity index (χ1) is 8.27. The molecule has 0 atom stereocenters. The van der Waals surface area contributed by atoms with Crippen molar-refractivity contribution in [3.8, 4) is 0 Å². The Bertz CT molecular complexity index is 284. The zero-order chi connectivity index (χ0) is 12.5. The van der Waals surface area contributed by atoms with Crippen LogP contribution in [0.3, 0.4) is 0 Å². The minimum atomic E-state index is -0.550. The fraction of sp³-hybridized carbons (Fsp3) is 0.636. The Morgan fingerprint density at radius 3 is 2.76 bits per heavy atom. The normalized spacial score (nSPS) is 16.9. The van der Waals surface area contributed by atoms with Gasteiger partial charge in [-0.25, -0.2) is 4.79 Å². The molecule has 1 fully saturated rings. The molecule has 1 heterocycles. The lowest BCUT2D eigenvalue weighted by Crippen LogP contribution is -2.20. The lowest BCUT2D eigenvalue weighted by molar-refractivity contribution is -0.137. The van der Waals surface area contributed by atoms with Crippen molar-refractivity contribution in [3.63, 3.8) is 0 Å². The van der Waals surface area contributed by atoms with Gasteiger partial charge in [0.15, 0.2) is 6.29 Å². The minimum absolute atomic E-state index is 0.135. The topological polar surface area (TPSA) is 73.9 Å². The molecule has 0 aliphatic carbocycles. The predicted octanol–water partition coefficient (Wildman–Crippen LogP) is 0.332. The summed E-state index contributed by atoms with van der Waals surface area (Å²) < 4.78 is 15.1. The molecule has 0 radical (unpaired) electrons. The maximum Gasteiger partial charge on any atom is 0.354 e. The number of hydrogen-bond acceptors (Lipinski definition) is 5. The van der Waals surface area contributed by atoms with Gasteiger partial charge in [-0.1, -0.05) is 6.08 Å². The Kier molecular flexibility index (Phi) is 6.27. The lowest BCUT2D eigenvalue weighted by atomic mass is 10.2. The molecule has 0 aromatic carbocycles. The second-order valence-corrected chi connectivity index (χ2v) is 3.47. The van der Waals surface area contributed by atoms with Crippen molar-refractivity contribution in [1.82, 2.24) is 5.32 Å². The molecule has 6 heteroatoms. The molecular formula is C11H17NO5. The SMILES string of the molecule is COC(=O)/C(=C/CCCC1OCCO1)NC=O. The average Bonchev–Trinajstić information content (AvgIpc) is 2.85. The number of unbranched alkanes of at least 4 members (excludes halogenated alkanes) is 1. The smallest absolute Gasteiger partial charge is 0.354 e. The number of carbonyl (C=O) groups excluding carboxylic acids is 2. The summed E-state index contributed by atoms with van der Waals surface area (Å²) in [6.45, 7) is 1.28. The third-order valence-corrected chi connectivity index (χ3v) is 2.30. The molecule has 0 spiro atoms. The van der Waals surface area contributed by atoms with Gasteiger partial charge in [0, 0.05) is 0 Å². The van der Waals surface area contributed by atoms with E-state index in [4.69, 9.17) is 9.47 Å². The van der Waals surface area contributed by atoms with Gasteiger partial charge >= 0.3 is 5.97 Å². The summed E-state index contributed by atoms with van der Waals surface area (Å²) in [5, 5.41) is 2.31. The highest BCUT2D eigenvalue weighted by atomic mass is 16.7. The van der Waals surface area contributed by atoms with Crippen LogP contribution >= 0.6 is 0 Å². The Morgan fingerprint density at radius 1 is 1.47 bits per heavy atom. The van der Waals surface area contributed by atoms with Crippen LogP contribution in [0.15, 0.2) is 11.8 Å². The molecule has 96 valence electrons. The largest absolute Gasteiger partial charge is 0.464 e. The number of rotatable bonds is 7. The van der Waals surface area contributed by atoms with E-state index in [1.54, 1.807) is 6.08 Å². The predicted molar refractivity (Wildman–Crippen MR) is 58.8 cm³/mol. The van der Waals surface area contributed by atoms with E-state index in [1.807, 2.05) is 0 Å². The molecular weight excluding hydrogens is 226 g/mol. The molecule has 0 aromatic rings. The first kappa shape index (κ1) is 13.7. The van der Waals surface area contributed by atoms with Crippen molar-refractivity contribution in [2.75, 3.05) is 20.3 Å². The molecule has 0 aromatic heterocycles. The van der Waals surface area contributed by atoms with E-state index >= 15 is 0 Å². The highest BCUT2D eigenvalue weighted by Gasteiger charge is 2.14. The zero-order valence-electron chi connectivity index (χ0n) is 9.81. The summed E-state index contributed by atoms with van der Waals surface area (Å²) in [5.74, 6) is -0.550. The van der Waals surface area contributed by atoms with Crippen molar-refractivity contribution in [1.29, 1.82) is 0 Å². The summed E-state index contributed by atoms with van der Waals surface area (Å²) >= 11 is 0. The van der Waals surface area contributed by atoms with Crippen LogP contribution in [-0.4, -0.2) is 39.0 Å². The van der Waals surface area contributed by atoms with Crippen molar-refractivity contribution in [3.05, 3.63) is 11.8 Å². The second-order valence-electron chi connectivity index (χ2n) is 3.47. The van der Waals surface area contributed by atoms with Crippen LogP contribution in [0.25, 0.3) is 0 Å². The summed E-state index contributed by atoms with van der Waals surface area (Å²) in [7, 11) is 1.27. The molecule has 0 unspecified atom stereocenters. The summed E-state index contributed by atoms with van der Waals surface area (Å²) in [6, 6.07) is 0. The highest BCUT2D eigenvalue weighted by molar-refractivity contribution is 5.89. The molecule has 6 nitrogen and oxygen atoms in total. The van der Waals surface area contributed by atoms with Crippen LogP contribution in [0, 0.1) is 0 Å². The number of hydrogen-bond donors (Lipinski definition) is 1. The van der Waals surface area contributed by atoms with E-state index in [9.17, 15) is 9.59 Å². The average molecular weight is 243 g/mol. The number of amides is 1. The van der Waals surface area contributed by atoms with Crippen LogP contribution in [0.4, 0.5) is 0 Å². The van der Waals surface area contributed by atoms with Crippen LogP contribution in [0.5, 0.6) is 0 Å². The quantitative estimate of drug-likeness (QED) is 0.302. The van der Waals surface area contributed by atoms with Gasteiger partial charge in [-0.05, 0) is 19.3 Å². The van der Waals surface area contributed by atoms with E-state index in [-0.39, 0.29) is 12.0 Å². The number of ether oxygens (including phenoxy) is 3. The van der Waals surface area contributed by atoms with Crippen LogP contribution < -0.4 is 5.32 Å². The molecule has 1 amide bonds. The summed E-state index contributed by atoms with van der Waals surface area (Å²) in [6.07, 6.45) is 4.18. The Balaban J connectivity index is 2.27. The molecule has 1 aliphatic heterocycles. The van der Waals surface area contributed by atoms with Crippen molar-refractivity contribution >= 4 is 12.4 Å². The molecule has 0 saturated carbocycles. The van der Waals surface area contributed by atoms with E-state index < -0.39 is 5.97 Å². The number of methoxy groups -OCH3 is 1. The maximum atomic E-state index is 11.2. The van der Waals surface area contributed by atoms with Gasteiger partial charge in [-0.3, -0.25) is 4.79 Å². The van der Waals surface area contributed by atoms with Gasteiger partial charge in [0.1, 0.15) is 5.70 Å². The Labute approximate surface area is 99.9 Å². The number of carbonyl (C=O) groups is 2. The monoisotopic (exact) mass is 243 g/mol. The third-order valence-electron chi connectivity index (χ3n) is 2.30. The highest BCUT2D eigenvalue weighted by Crippen LogP contribution is 2.12. The molecule has 1 N–H and O–H groups in total. The van der Waals surface area contributed by atoms with Gasteiger partial charge in [-0.15, -0.1) is 0 Å². The zero-order valence-corrected chi connectivity index (χ0v) is 9.81. The van der Waals surface area contributed by atoms with E-state index in [0.717, 1.165) is 12.8 Å². The van der Waals surface area contributed by atoms with Crippen LogP contribution in [0.2, 0.25) is 0 Å². The Hall–Kier alpha value is -1.40.